The van der Waals surface area contributed by atoms with Crippen LogP contribution in [0.5, 0.6) is 5.75 Å². The molecule has 0 saturated heterocycles. The fraction of sp³-hybridized carbons (Fsp3) is 0.0833. The number of rotatable bonds is 1. The number of hydrogen-bond acceptors (Lipinski definition) is 4. The van der Waals surface area contributed by atoms with E-state index in [-0.39, 0.29) is 10.3 Å². The number of carbonyl (C=O) groups is 1. The fourth-order valence-corrected chi connectivity index (χ4v) is 2.26. The molecule has 0 bridgehead atoms. The van der Waals surface area contributed by atoms with E-state index in [2.05, 4.69) is 20.3 Å². The van der Waals surface area contributed by atoms with Crippen molar-refractivity contribution in [2.24, 2.45) is 0 Å². The molecule has 102 valence electrons. The van der Waals surface area contributed by atoms with Crippen molar-refractivity contribution < 1.29 is 9.53 Å². The van der Waals surface area contributed by atoms with Crippen LogP contribution < -0.4 is 15.6 Å². The Kier molecular flexibility index (Phi) is 2.79. The predicted octanol–water partition coefficient (Wildman–Crippen LogP) is 1.79. The average Bonchev–Trinajstić information content (AvgIpc) is 2.77. The summed E-state index contributed by atoms with van der Waals surface area (Å²) in [6, 6.07) is 5.10. The van der Waals surface area contributed by atoms with E-state index >= 15 is 0 Å². The minimum atomic E-state index is -0.585. The number of nitrogens with one attached hydrogen (secondary N) is 4. The summed E-state index contributed by atoms with van der Waals surface area (Å²) in [4.78, 5) is 31.7. The van der Waals surface area contributed by atoms with E-state index in [1.54, 1.807) is 18.2 Å². The lowest BCUT2D eigenvalue weighted by Gasteiger charge is -2.03. The zero-order chi connectivity index (χ0) is 14.3. The Morgan fingerprint density at radius 1 is 1.30 bits per heavy atom. The van der Waals surface area contributed by atoms with Crippen molar-refractivity contribution in [2.45, 2.75) is 0 Å². The molecule has 0 unspecified atom stereocenters. The van der Waals surface area contributed by atoms with E-state index in [0.717, 1.165) is 0 Å². The lowest BCUT2D eigenvalue weighted by molar-refractivity contribution is 0.203. The zero-order valence-corrected chi connectivity index (χ0v) is 11.2. The van der Waals surface area contributed by atoms with Crippen molar-refractivity contribution in [1.82, 2.24) is 20.3 Å². The van der Waals surface area contributed by atoms with E-state index < -0.39 is 6.09 Å². The maximum atomic E-state index is 12.0. The van der Waals surface area contributed by atoms with Crippen LogP contribution in [0, 0.1) is 4.77 Å². The van der Waals surface area contributed by atoms with Crippen molar-refractivity contribution in [3.05, 3.63) is 33.3 Å². The van der Waals surface area contributed by atoms with Crippen molar-refractivity contribution in [2.75, 3.05) is 7.05 Å². The molecule has 0 spiro atoms. The van der Waals surface area contributed by atoms with Gasteiger partial charge in [-0.1, -0.05) is 12.1 Å². The third kappa shape index (κ3) is 1.86. The predicted molar refractivity (Wildman–Crippen MR) is 76.7 cm³/mol. The van der Waals surface area contributed by atoms with Crippen molar-refractivity contribution >= 4 is 40.2 Å². The number of H-pyrrole nitrogens is 3. The Hall–Kier alpha value is -2.61. The van der Waals surface area contributed by atoms with Gasteiger partial charge in [0.1, 0.15) is 5.65 Å². The monoisotopic (exact) mass is 290 g/mol. The molecule has 0 aliphatic carbocycles. The lowest BCUT2D eigenvalue weighted by atomic mass is 10.2. The summed E-state index contributed by atoms with van der Waals surface area (Å²) >= 11 is 4.93. The number of aromatic amines is 3. The molecule has 0 radical (unpaired) electrons. The summed E-state index contributed by atoms with van der Waals surface area (Å²) in [6.45, 7) is 0. The molecule has 1 amide bonds. The summed E-state index contributed by atoms with van der Waals surface area (Å²) in [5.74, 6) is 0.330. The maximum absolute atomic E-state index is 12.0. The van der Waals surface area contributed by atoms with Crippen molar-refractivity contribution in [3.63, 3.8) is 0 Å². The molecule has 2 heterocycles. The second kappa shape index (κ2) is 4.49. The van der Waals surface area contributed by atoms with Gasteiger partial charge in [0.05, 0.1) is 10.9 Å². The van der Waals surface area contributed by atoms with Gasteiger partial charge in [-0.2, -0.15) is 0 Å². The third-order valence-electron chi connectivity index (χ3n) is 2.89. The molecule has 0 saturated carbocycles. The molecule has 4 N–H and O–H groups in total. The Morgan fingerprint density at radius 3 is 2.85 bits per heavy atom. The molecule has 0 fully saturated rings. The van der Waals surface area contributed by atoms with Gasteiger partial charge in [-0.3, -0.25) is 9.78 Å². The Morgan fingerprint density at radius 2 is 2.10 bits per heavy atom. The number of aromatic nitrogens is 3. The molecule has 2 aromatic heterocycles. The smallest absolute Gasteiger partial charge is 0.408 e. The molecule has 20 heavy (non-hydrogen) atoms. The first-order chi connectivity index (χ1) is 9.60. The molecule has 3 rings (SSSR count). The highest BCUT2D eigenvalue weighted by atomic mass is 32.1. The van der Waals surface area contributed by atoms with Crippen LogP contribution in [0.1, 0.15) is 0 Å². The lowest BCUT2D eigenvalue weighted by Crippen LogP contribution is -2.22. The minimum absolute atomic E-state index is 0.225. The molecule has 1 aromatic carbocycles. The fourth-order valence-electron chi connectivity index (χ4n) is 2.07. The number of hydrogen-bond donors (Lipinski definition) is 4. The second-order valence-electron chi connectivity index (χ2n) is 4.10. The van der Waals surface area contributed by atoms with Crippen LogP contribution in [0.4, 0.5) is 4.79 Å². The van der Waals surface area contributed by atoms with Crippen LogP contribution >= 0.6 is 12.2 Å². The van der Waals surface area contributed by atoms with E-state index in [4.69, 9.17) is 17.0 Å². The normalized spacial score (nSPS) is 10.8. The number of benzene rings is 1. The van der Waals surface area contributed by atoms with Gasteiger partial charge in [0, 0.05) is 12.4 Å². The largest absolute Gasteiger partial charge is 0.412 e. The van der Waals surface area contributed by atoms with E-state index in [1.165, 1.54) is 7.05 Å². The standard InChI is InChI=1S/C12H10N4O3S/c1-13-12(18)19-6-4-2-3-5-7-9(14-8(5)6)15-11(20)16-10(7)17/h2-4H,1H3,(H,13,18)(H3,14,15,16,17,20). The number of carbonyl (C=O) groups excluding carboxylic acids is 1. The van der Waals surface area contributed by atoms with Gasteiger partial charge >= 0.3 is 6.09 Å². The summed E-state index contributed by atoms with van der Waals surface area (Å²) in [6.07, 6.45) is -0.585. The highest BCUT2D eigenvalue weighted by Crippen LogP contribution is 2.28. The summed E-state index contributed by atoms with van der Waals surface area (Å²) in [7, 11) is 1.47. The summed E-state index contributed by atoms with van der Waals surface area (Å²) in [5.41, 5.74) is 0.738. The molecule has 3 aromatic rings. The SMILES string of the molecule is CNC(=O)Oc1cccc2c1[nH]c1[nH]c(=S)[nH]c(=O)c12. The van der Waals surface area contributed by atoms with E-state index in [1.807, 2.05) is 0 Å². The molecule has 8 heteroatoms. The van der Waals surface area contributed by atoms with Gasteiger partial charge in [0.25, 0.3) is 5.56 Å². The Labute approximate surface area is 117 Å². The van der Waals surface area contributed by atoms with Crippen LogP contribution in [-0.4, -0.2) is 28.1 Å². The highest BCUT2D eigenvalue weighted by Gasteiger charge is 2.13. The van der Waals surface area contributed by atoms with Gasteiger partial charge in [-0.15, -0.1) is 0 Å². The number of para-hydroxylation sites is 1. The molecule has 0 atom stereocenters. The second-order valence-corrected chi connectivity index (χ2v) is 4.51. The van der Waals surface area contributed by atoms with Crippen LogP contribution in [0.25, 0.3) is 21.9 Å². The first-order valence-electron chi connectivity index (χ1n) is 5.76. The summed E-state index contributed by atoms with van der Waals surface area (Å²) in [5, 5.41) is 3.45. The average molecular weight is 290 g/mol. The first-order valence-corrected chi connectivity index (χ1v) is 6.17. The third-order valence-corrected chi connectivity index (χ3v) is 3.10. The van der Waals surface area contributed by atoms with Gasteiger partial charge < -0.3 is 20.0 Å². The molecule has 7 nitrogen and oxygen atoms in total. The Balaban J connectivity index is 2.36. The minimum Gasteiger partial charge on any atom is -0.408 e. The molecular weight excluding hydrogens is 280 g/mol. The molecule has 0 aliphatic heterocycles. The van der Waals surface area contributed by atoms with E-state index in [0.29, 0.717) is 27.7 Å². The van der Waals surface area contributed by atoms with Gasteiger partial charge in [0.15, 0.2) is 10.5 Å². The first kappa shape index (κ1) is 12.4. The van der Waals surface area contributed by atoms with Crippen molar-refractivity contribution in [3.8, 4) is 5.75 Å². The zero-order valence-electron chi connectivity index (χ0n) is 10.4. The molecular formula is C12H10N4O3S. The topological polar surface area (TPSA) is 103 Å². The number of ether oxygens (including phenoxy) is 1. The maximum Gasteiger partial charge on any atom is 0.412 e. The quantitative estimate of drug-likeness (QED) is 0.513. The van der Waals surface area contributed by atoms with Crippen molar-refractivity contribution in [1.29, 1.82) is 0 Å². The highest BCUT2D eigenvalue weighted by molar-refractivity contribution is 7.71. The van der Waals surface area contributed by atoms with E-state index in [9.17, 15) is 9.59 Å². The number of amides is 1. The van der Waals surface area contributed by atoms with Gasteiger partial charge in [0.2, 0.25) is 0 Å². The van der Waals surface area contributed by atoms with Gasteiger partial charge in [-0.05, 0) is 18.3 Å². The van der Waals surface area contributed by atoms with Gasteiger partial charge in [-0.25, -0.2) is 4.79 Å². The van der Waals surface area contributed by atoms with Crippen LogP contribution in [0.2, 0.25) is 0 Å². The van der Waals surface area contributed by atoms with Crippen LogP contribution in [-0.2, 0) is 0 Å². The Bertz CT molecular complexity index is 937. The van der Waals surface area contributed by atoms with Crippen LogP contribution in [0.3, 0.4) is 0 Å². The molecule has 0 aliphatic rings. The van der Waals surface area contributed by atoms with Crippen LogP contribution in [0.15, 0.2) is 23.0 Å². The summed E-state index contributed by atoms with van der Waals surface area (Å²) < 4.78 is 5.37. The number of fused-ring (bicyclic) bond motifs is 3.